The van der Waals surface area contributed by atoms with E-state index in [9.17, 15) is 0 Å². The Morgan fingerprint density at radius 3 is 2.73 bits per heavy atom. The van der Waals surface area contributed by atoms with Crippen LogP contribution < -0.4 is 10.5 Å². The van der Waals surface area contributed by atoms with Crippen LogP contribution >= 0.6 is 0 Å². The van der Waals surface area contributed by atoms with Crippen molar-refractivity contribution >= 4 is 0 Å². The molecule has 1 aromatic rings. The van der Waals surface area contributed by atoms with Crippen LogP contribution in [0.4, 0.5) is 0 Å². The van der Waals surface area contributed by atoms with Crippen molar-refractivity contribution in [3.8, 4) is 5.75 Å². The summed E-state index contributed by atoms with van der Waals surface area (Å²) in [5, 5.41) is 0. The molecule has 1 rings (SSSR count). The summed E-state index contributed by atoms with van der Waals surface area (Å²) in [6.07, 6.45) is 3.57. The Bertz CT molecular complexity index is 302. The molecular formula is C11H18N2O2. The topological polar surface area (TPSA) is 57.4 Å². The van der Waals surface area contributed by atoms with Gasteiger partial charge in [-0.3, -0.25) is 4.98 Å². The maximum atomic E-state index is 5.95. The summed E-state index contributed by atoms with van der Waals surface area (Å²) in [5.41, 5.74) is 6.87. The van der Waals surface area contributed by atoms with Crippen LogP contribution in [0.25, 0.3) is 0 Å². The molecule has 0 aliphatic rings. The second-order valence-corrected chi connectivity index (χ2v) is 3.65. The lowest BCUT2D eigenvalue weighted by Gasteiger charge is -2.14. The molecule has 1 aromatic heterocycles. The van der Waals surface area contributed by atoms with E-state index in [0.717, 1.165) is 5.56 Å². The summed E-state index contributed by atoms with van der Waals surface area (Å²) in [4.78, 5) is 4.04. The summed E-state index contributed by atoms with van der Waals surface area (Å²) in [6, 6.07) is 1.72. The molecule has 0 aromatic carbocycles. The van der Waals surface area contributed by atoms with E-state index in [1.807, 2.05) is 19.9 Å². The number of ether oxygens (including phenoxy) is 2. The predicted octanol–water partition coefficient (Wildman–Crippen LogP) is 1.51. The quantitative estimate of drug-likeness (QED) is 0.800. The highest BCUT2D eigenvalue weighted by Gasteiger charge is 2.08. The van der Waals surface area contributed by atoms with Gasteiger partial charge in [-0.2, -0.15) is 0 Å². The largest absolute Gasteiger partial charge is 0.495 e. The molecule has 0 saturated carbocycles. The van der Waals surface area contributed by atoms with Gasteiger partial charge in [0.1, 0.15) is 5.75 Å². The number of pyridine rings is 1. The van der Waals surface area contributed by atoms with Gasteiger partial charge in [-0.15, -0.1) is 0 Å². The highest BCUT2D eigenvalue weighted by molar-refractivity contribution is 5.25. The molecule has 0 radical (unpaired) electrons. The standard InChI is InChI=1S/C11H18N2O2/c1-8(2)15-7-11(12)9-4-10(14-3)6-13-5-9/h4-6,8,11H,7,12H2,1-3H3. The van der Waals surface area contributed by atoms with Gasteiger partial charge in [-0.1, -0.05) is 0 Å². The number of nitrogens with two attached hydrogens (primary N) is 1. The van der Waals surface area contributed by atoms with Crippen LogP contribution in [0.3, 0.4) is 0 Å². The third-order valence-corrected chi connectivity index (χ3v) is 2.01. The summed E-state index contributed by atoms with van der Waals surface area (Å²) >= 11 is 0. The molecule has 0 spiro atoms. The van der Waals surface area contributed by atoms with E-state index < -0.39 is 0 Å². The lowest BCUT2D eigenvalue weighted by atomic mass is 10.1. The number of nitrogens with zero attached hydrogens (tertiary/aromatic N) is 1. The van der Waals surface area contributed by atoms with Crippen LogP contribution in [-0.2, 0) is 4.74 Å². The first-order valence-electron chi connectivity index (χ1n) is 4.99. The van der Waals surface area contributed by atoms with Crippen LogP contribution in [0.5, 0.6) is 5.75 Å². The normalized spacial score (nSPS) is 12.9. The van der Waals surface area contributed by atoms with Crippen LogP contribution in [-0.4, -0.2) is 24.8 Å². The molecule has 1 atom stereocenters. The average Bonchev–Trinajstić information content (AvgIpc) is 2.26. The Labute approximate surface area is 90.4 Å². The first-order chi connectivity index (χ1) is 7.13. The molecule has 0 saturated heterocycles. The maximum Gasteiger partial charge on any atom is 0.137 e. The maximum absolute atomic E-state index is 5.95. The molecule has 4 heteroatoms. The Balaban J connectivity index is 2.60. The van der Waals surface area contributed by atoms with Crippen LogP contribution in [0, 0.1) is 0 Å². The number of hydrogen-bond acceptors (Lipinski definition) is 4. The van der Waals surface area contributed by atoms with Crippen molar-refractivity contribution < 1.29 is 9.47 Å². The lowest BCUT2D eigenvalue weighted by molar-refractivity contribution is 0.0682. The van der Waals surface area contributed by atoms with Gasteiger partial charge in [0, 0.05) is 6.20 Å². The van der Waals surface area contributed by atoms with Gasteiger partial charge < -0.3 is 15.2 Å². The minimum Gasteiger partial charge on any atom is -0.495 e. The third kappa shape index (κ3) is 3.85. The fourth-order valence-corrected chi connectivity index (χ4v) is 1.14. The number of methoxy groups -OCH3 is 1. The minimum atomic E-state index is -0.157. The first kappa shape index (κ1) is 11.9. The van der Waals surface area contributed by atoms with Gasteiger partial charge in [0.15, 0.2) is 0 Å². The van der Waals surface area contributed by atoms with Gasteiger partial charge in [-0.05, 0) is 25.5 Å². The number of hydrogen-bond donors (Lipinski definition) is 1. The molecule has 0 fully saturated rings. The van der Waals surface area contributed by atoms with E-state index in [1.54, 1.807) is 19.5 Å². The summed E-state index contributed by atoms with van der Waals surface area (Å²) in [7, 11) is 1.61. The minimum absolute atomic E-state index is 0.157. The Hall–Kier alpha value is -1.13. The van der Waals surface area contributed by atoms with E-state index in [4.69, 9.17) is 15.2 Å². The zero-order valence-corrected chi connectivity index (χ0v) is 9.43. The molecule has 4 nitrogen and oxygen atoms in total. The highest BCUT2D eigenvalue weighted by atomic mass is 16.5. The smallest absolute Gasteiger partial charge is 0.137 e. The van der Waals surface area contributed by atoms with Crippen molar-refractivity contribution in [1.82, 2.24) is 4.98 Å². The van der Waals surface area contributed by atoms with Crippen LogP contribution in [0.2, 0.25) is 0 Å². The van der Waals surface area contributed by atoms with Crippen molar-refractivity contribution in [3.63, 3.8) is 0 Å². The number of rotatable bonds is 5. The van der Waals surface area contributed by atoms with Crippen molar-refractivity contribution in [2.45, 2.75) is 26.0 Å². The van der Waals surface area contributed by atoms with Crippen molar-refractivity contribution in [2.24, 2.45) is 5.73 Å². The molecule has 2 N–H and O–H groups in total. The first-order valence-corrected chi connectivity index (χ1v) is 4.99. The van der Waals surface area contributed by atoms with Crippen molar-refractivity contribution in [3.05, 3.63) is 24.0 Å². The lowest BCUT2D eigenvalue weighted by Crippen LogP contribution is -2.19. The monoisotopic (exact) mass is 210 g/mol. The molecule has 0 amide bonds. The van der Waals surface area contributed by atoms with Gasteiger partial charge in [0.25, 0.3) is 0 Å². The fraction of sp³-hybridized carbons (Fsp3) is 0.545. The second kappa shape index (κ2) is 5.68. The molecular weight excluding hydrogens is 192 g/mol. The number of aromatic nitrogens is 1. The van der Waals surface area contributed by atoms with Crippen LogP contribution in [0.15, 0.2) is 18.5 Å². The Morgan fingerprint density at radius 2 is 2.13 bits per heavy atom. The van der Waals surface area contributed by atoms with E-state index in [1.165, 1.54) is 0 Å². The van der Waals surface area contributed by atoms with Crippen LogP contribution in [0.1, 0.15) is 25.5 Å². The van der Waals surface area contributed by atoms with E-state index in [0.29, 0.717) is 12.4 Å². The molecule has 0 bridgehead atoms. The van der Waals surface area contributed by atoms with Gasteiger partial charge in [0.2, 0.25) is 0 Å². The zero-order chi connectivity index (χ0) is 11.3. The molecule has 1 unspecified atom stereocenters. The molecule has 15 heavy (non-hydrogen) atoms. The SMILES string of the molecule is COc1cncc(C(N)COC(C)C)c1. The zero-order valence-electron chi connectivity index (χ0n) is 9.43. The molecule has 1 heterocycles. The third-order valence-electron chi connectivity index (χ3n) is 2.01. The molecule has 84 valence electrons. The average molecular weight is 210 g/mol. The Morgan fingerprint density at radius 1 is 1.40 bits per heavy atom. The predicted molar refractivity (Wildman–Crippen MR) is 58.8 cm³/mol. The molecule has 0 aliphatic heterocycles. The summed E-state index contributed by atoms with van der Waals surface area (Å²) < 4.78 is 10.5. The van der Waals surface area contributed by atoms with Gasteiger partial charge in [0.05, 0.1) is 32.1 Å². The summed E-state index contributed by atoms with van der Waals surface area (Å²) in [6.45, 7) is 4.46. The second-order valence-electron chi connectivity index (χ2n) is 3.65. The van der Waals surface area contributed by atoms with Crippen molar-refractivity contribution in [1.29, 1.82) is 0 Å². The Kier molecular flexibility index (Phi) is 4.52. The van der Waals surface area contributed by atoms with E-state index in [2.05, 4.69) is 4.98 Å². The highest BCUT2D eigenvalue weighted by Crippen LogP contribution is 2.16. The van der Waals surface area contributed by atoms with E-state index >= 15 is 0 Å². The summed E-state index contributed by atoms with van der Waals surface area (Å²) in [5.74, 6) is 0.715. The molecule has 0 aliphatic carbocycles. The van der Waals surface area contributed by atoms with Gasteiger partial charge >= 0.3 is 0 Å². The van der Waals surface area contributed by atoms with Gasteiger partial charge in [-0.25, -0.2) is 0 Å². The van der Waals surface area contributed by atoms with Crippen molar-refractivity contribution in [2.75, 3.05) is 13.7 Å². The fourth-order valence-electron chi connectivity index (χ4n) is 1.14. The van der Waals surface area contributed by atoms with E-state index in [-0.39, 0.29) is 12.1 Å².